The van der Waals surface area contributed by atoms with Gasteiger partial charge in [-0.1, -0.05) is 128 Å². The zero-order valence-electron chi connectivity index (χ0n) is 27.5. The molecule has 4 nitrogen and oxygen atoms in total. The van der Waals surface area contributed by atoms with Gasteiger partial charge in [0.25, 0.3) is 0 Å². The Morgan fingerprint density at radius 2 is 1.28 bits per heavy atom. The third kappa shape index (κ3) is 9.57. The average molecular weight is 634 g/mol. The third-order valence-electron chi connectivity index (χ3n) is 9.27. The van der Waals surface area contributed by atoms with Crippen molar-refractivity contribution < 1.29 is 4.79 Å². The molecule has 1 N–H and O–H groups in total. The predicted molar refractivity (Wildman–Crippen MR) is 195 cm³/mol. The minimum Gasteiger partial charge on any atom is -0.354 e. The van der Waals surface area contributed by atoms with E-state index in [0.717, 1.165) is 32.0 Å². The van der Waals surface area contributed by atoms with Crippen LogP contribution in [0.3, 0.4) is 0 Å². The Balaban J connectivity index is 1.10. The number of thioether (sulfide) groups is 1. The van der Waals surface area contributed by atoms with E-state index < -0.39 is 4.75 Å². The number of carbonyl (C=O) groups is 1. The van der Waals surface area contributed by atoms with Gasteiger partial charge in [0.15, 0.2) is 0 Å². The fourth-order valence-corrected chi connectivity index (χ4v) is 8.24. The van der Waals surface area contributed by atoms with E-state index in [1.165, 1.54) is 67.6 Å². The van der Waals surface area contributed by atoms with Crippen molar-refractivity contribution in [3.05, 3.63) is 144 Å². The molecule has 1 fully saturated rings. The summed E-state index contributed by atoms with van der Waals surface area (Å²) in [6.07, 6.45) is 6.13. The summed E-state index contributed by atoms with van der Waals surface area (Å²) in [4.78, 5) is 18.5. The summed E-state index contributed by atoms with van der Waals surface area (Å²) in [7, 11) is 0. The summed E-state index contributed by atoms with van der Waals surface area (Å²) in [5.74, 6) is 1.29. The van der Waals surface area contributed by atoms with E-state index in [1.54, 1.807) is 11.8 Å². The van der Waals surface area contributed by atoms with Gasteiger partial charge in [0.2, 0.25) is 5.91 Å². The summed E-state index contributed by atoms with van der Waals surface area (Å²) in [6.45, 7) is 9.58. The van der Waals surface area contributed by atoms with Crippen LogP contribution >= 0.6 is 11.8 Å². The molecule has 0 aliphatic carbocycles. The van der Waals surface area contributed by atoms with Crippen LogP contribution in [-0.4, -0.2) is 67.3 Å². The van der Waals surface area contributed by atoms with E-state index in [2.05, 4.69) is 143 Å². The van der Waals surface area contributed by atoms with Crippen molar-refractivity contribution in [1.29, 1.82) is 0 Å². The molecular weight excluding hydrogens is 583 g/mol. The van der Waals surface area contributed by atoms with Crippen molar-refractivity contribution >= 4 is 17.7 Å². The van der Waals surface area contributed by atoms with Crippen molar-refractivity contribution in [2.45, 2.75) is 43.8 Å². The van der Waals surface area contributed by atoms with Crippen LogP contribution in [0.25, 0.3) is 0 Å². The molecule has 4 aromatic carbocycles. The molecule has 1 aliphatic heterocycles. The van der Waals surface area contributed by atoms with Crippen molar-refractivity contribution in [3.8, 4) is 0 Å². The van der Waals surface area contributed by atoms with Gasteiger partial charge in [0.1, 0.15) is 0 Å². The van der Waals surface area contributed by atoms with Gasteiger partial charge in [-0.2, -0.15) is 0 Å². The molecule has 5 heteroatoms. The van der Waals surface area contributed by atoms with E-state index in [1.807, 2.05) is 0 Å². The molecule has 0 atom stereocenters. The van der Waals surface area contributed by atoms with E-state index in [9.17, 15) is 4.79 Å². The number of nitrogens with one attached hydrogen (secondary N) is 1. The van der Waals surface area contributed by atoms with Gasteiger partial charge >= 0.3 is 0 Å². The highest BCUT2D eigenvalue weighted by Crippen LogP contribution is 2.48. The number of hydrogen-bond donors (Lipinski definition) is 1. The van der Waals surface area contributed by atoms with Gasteiger partial charge in [0.05, 0.1) is 10.5 Å². The van der Waals surface area contributed by atoms with Gasteiger partial charge in [-0.25, -0.2) is 0 Å². The van der Waals surface area contributed by atoms with Crippen molar-refractivity contribution in [2.24, 2.45) is 5.92 Å². The minimum atomic E-state index is -0.481. The van der Waals surface area contributed by atoms with E-state index in [4.69, 9.17) is 0 Å². The van der Waals surface area contributed by atoms with Crippen LogP contribution < -0.4 is 5.32 Å². The second-order valence-corrected chi connectivity index (χ2v) is 13.8. The molecule has 0 unspecified atom stereocenters. The SMILES string of the molecule is CCCN(CCCN1CCC(Cc2ccccc2)CC1)CCNC(=O)CSC(c1ccccc1)(c1ccccc1)c1ccccc1. The number of benzene rings is 4. The summed E-state index contributed by atoms with van der Waals surface area (Å²) >= 11 is 1.70. The zero-order chi connectivity index (χ0) is 31.9. The number of likely N-dealkylation sites (tertiary alicyclic amines) is 1. The highest BCUT2D eigenvalue weighted by Gasteiger charge is 2.37. The lowest BCUT2D eigenvalue weighted by Gasteiger charge is -2.35. The molecule has 46 heavy (non-hydrogen) atoms. The topological polar surface area (TPSA) is 35.6 Å². The lowest BCUT2D eigenvalue weighted by atomic mass is 9.84. The van der Waals surface area contributed by atoms with Crippen LogP contribution in [0.1, 0.15) is 54.9 Å². The molecule has 0 aromatic heterocycles. The van der Waals surface area contributed by atoms with Crippen LogP contribution in [0.15, 0.2) is 121 Å². The van der Waals surface area contributed by atoms with Crippen LogP contribution in [0.5, 0.6) is 0 Å². The Labute approximate surface area is 281 Å². The second-order valence-electron chi connectivity index (χ2n) is 12.6. The normalized spacial score (nSPS) is 14.4. The molecule has 5 rings (SSSR count). The smallest absolute Gasteiger partial charge is 0.230 e. The Hall–Kier alpha value is -3.38. The van der Waals surface area contributed by atoms with Gasteiger partial charge in [-0.3, -0.25) is 4.79 Å². The molecular formula is C41H51N3OS. The molecule has 1 saturated heterocycles. The Kier molecular flexibility index (Phi) is 13.4. The highest BCUT2D eigenvalue weighted by atomic mass is 32.2. The highest BCUT2D eigenvalue weighted by molar-refractivity contribution is 8.01. The van der Waals surface area contributed by atoms with E-state index in [-0.39, 0.29) is 5.91 Å². The van der Waals surface area contributed by atoms with Gasteiger partial charge in [0, 0.05) is 13.1 Å². The molecule has 4 aromatic rings. The van der Waals surface area contributed by atoms with Crippen molar-refractivity contribution in [1.82, 2.24) is 15.1 Å². The predicted octanol–water partition coefficient (Wildman–Crippen LogP) is 7.88. The van der Waals surface area contributed by atoms with Crippen molar-refractivity contribution in [2.75, 3.05) is 51.6 Å². The lowest BCUT2D eigenvalue weighted by molar-refractivity contribution is -0.118. The zero-order valence-corrected chi connectivity index (χ0v) is 28.3. The standard InChI is InChI=1S/C41H51N3OS/c1-2-27-43(28-15-29-44-30-24-36(25-31-44)33-35-16-7-3-8-17-35)32-26-42-40(45)34-46-41(37-18-9-4-10-19-37,38-20-11-5-12-21-38)39-22-13-6-14-23-39/h3-14,16-23,36H,2,15,24-34H2,1H3,(H,42,45). The summed E-state index contributed by atoms with van der Waals surface area (Å²) in [6, 6.07) is 42.7. The van der Waals surface area contributed by atoms with Gasteiger partial charge in [-0.05, 0) is 93.0 Å². The van der Waals surface area contributed by atoms with Gasteiger partial charge in [-0.15, -0.1) is 11.8 Å². The van der Waals surface area contributed by atoms with E-state index in [0.29, 0.717) is 12.3 Å². The first-order chi connectivity index (χ1) is 22.7. The Morgan fingerprint density at radius 1 is 0.761 bits per heavy atom. The maximum atomic E-state index is 13.3. The number of nitrogens with zero attached hydrogens (tertiary/aromatic N) is 2. The first-order valence-electron chi connectivity index (χ1n) is 17.2. The minimum absolute atomic E-state index is 0.0898. The molecule has 1 heterocycles. The first-order valence-corrected chi connectivity index (χ1v) is 18.2. The second kappa shape index (κ2) is 18.1. The van der Waals surface area contributed by atoms with Crippen molar-refractivity contribution in [3.63, 3.8) is 0 Å². The fraction of sp³-hybridized carbons (Fsp3) is 0.390. The lowest BCUT2D eigenvalue weighted by Crippen LogP contribution is -2.39. The first kappa shape index (κ1) is 34.0. The maximum absolute atomic E-state index is 13.3. The van der Waals surface area contributed by atoms with Crippen LogP contribution in [-0.2, 0) is 16.0 Å². The molecule has 0 radical (unpaired) electrons. The number of piperidine rings is 1. The van der Waals surface area contributed by atoms with Crippen LogP contribution in [0.4, 0.5) is 0 Å². The van der Waals surface area contributed by atoms with E-state index >= 15 is 0 Å². The quantitative estimate of drug-likeness (QED) is 0.120. The summed E-state index contributed by atoms with van der Waals surface area (Å²) in [5.41, 5.74) is 5.02. The summed E-state index contributed by atoms with van der Waals surface area (Å²) in [5, 5.41) is 3.25. The average Bonchev–Trinajstić information content (AvgIpc) is 3.11. The fourth-order valence-electron chi connectivity index (χ4n) is 6.88. The van der Waals surface area contributed by atoms with Crippen LogP contribution in [0.2, 0.25) is 0 Å². The van der Waals surface area contributed by atoms with Gasteiger partial charge < -0.3 is 15.1 Å². The number of hydrogen-bond acceptors (Lipinski definition) is 4. The summed E-state index contributed by atoms with van der Waals surface area (Å²) < 4.78 is -0.481. The molecule has 1 amide bonds. The van der Waals surface area contributed by atoms with Crippen LogP contribution in [0, 0.1) is 5.92 Å². The maximum Gasteiger partial charge on any atom is 0.230 e. The molecule has 242 valence electrons. The molecule has 0 spiro atoms. The largest absolute Gasteiger partial charge is 0.354 e. The Morgan fingerprint density at radius 3 is 1.80 bits per heavy atom. The third-order valence-corrected chi connectivity index (χ3v) is 10.8. The molecule has 0 bridgehead atoms. The number of amides is 1. The number of carbonyl (C=O) groups excluding carboxylic acids is 1. The number of rotatable bonds is 17. The molecule has 0 saturated carbocycles. The monoisotopic (exact) mass is 633 g/mol. The Bertz CT molecular complexity index is 1310. The molecule has 1 aliphatic rings.